The minimum absolute atomic E-state index is 0.213. The summed E-state index contributed by atoms with van der Waals surface area (Å²) in [4.78, 5) is 0. The molecule has 2 nitrogen and oxygen atoms in total. The minimum atomic E-state index is -0.213. The van der Waals surface area contributed by atoms with Gasteiger partial charge in [0.05, 0.1) is 6.04 Å². The summed E-state index contributed by atoms with van der Waals surface area (Å²) in [5.74, 6) is 2.13. The van der Waals surface area contributed by atoms with E-state index in [1.807, 2.05) is 13.1 Å². The molecule has 102 valence electrons. The van der Waals surface area contributed by atoms with Gasteiger partial charge in [0.1, 0.15) is 17.2 Å². The number of hydrogen-bond acceptors (Lipinski definition) is 2. The van der Waals surface area contributed by atoms with Gasteiger partial charge in [-0.1, -0.05) is 13.3 Å². The van der Waals surface area contributed by atoms with Gasteiger partial charge in [0.2, 0.25) is 0 Å². The van der Waals surface area contributed by atoms with Crippen LogP contribution in [0.15, 0.2) is 28.7 Å². The van der Waals surface area contributed by atoms with E-state index in [2.05, 4.69) is 12.2 Å². The lowest BCUT2D eigenvalue weighted by Gasteiger charge is -2.20. The third-order valence-corrected chi connectivity index (χ3v) is 4.32. The molecular formula is C16H20FNO. The number of hydrogen-bond donors (Lipinski definition) is 1. The number of halogens is 1. The Bertz CT molecular complexity index is 577. The maximum Gasteiger partial charge on any atom is 0.134 e. The van der Waals surface area contributed by atoms with Crippen LogP contribution in [-0.4, -0.2) is 7.05 Å². The highest BCUT2D eigenvalue weighted by molar-refractivity contribution is 5.78. The lowest BCUT2D eigenvalue weighted by Crippen LogP contribution is -2.23. The summed E-state index contributed by atoms with van der Waals surface area (Å²) in [6.45, 7) is 2.31. The van der Waals surface area contributed by atoms with E-state index >= 15 is 0 Å². The predicted molar refractivity (Wildman–Crippen MR) is 74.5 cm³/mol. The fourth-order valence-electron chi connectivity index (χ4n) is 3.35. The van der Waals surface area contributed by atoms with Crippen LogP contribution >= 0.6 is 0 Å². The average molecular weight is 261 g/mol. The molecule has 2 aromatic rings. The number of fused-ring (bicyclic) bond motifs is 1. The third-order valence-electron chi connectivity index (χ3n) is 4.32. The van der Waals surface area contributed by atoms with E-state index in [0.717, 1.165) is 22.6 Å². The molecule has 0 aliphatic heterocycles. The van der Waals surface area contributed by atoms with Crippen LogP contribution in [0.1, 0.15) is 38.0 Å². The number of nitrogens with one attached hydrogen (secondary N) is 1. The van der Waals surface area contributed by atoms with E-state index in [0.29, 0.717) is 5.92 Å². The van der Waals surface area contributed by atoms with E-state index < -0.39 is 0 Å². The topological polar surface area (TPSA) is 25.2 Å². The maximum absolute atomic E-state index is 13.2. The molecule has 0 radical (unpaired) electrons. The van der Waals surface area contributed by atoms with Crippen LogP contribution in [0.4, 0.5) is 4.39 Å². The summed E-state index contributed by atoms with van der Waals surface area (Å²) in [5, 5.41) is 4.22. The van der Waals surface area contributed by atoms with Crippen LogP contribution in [0.5, 0.6) is 0 Å². The second kappa shape index (κ2) is 4.97. The highest BCUT2D eigenvalue weighted by atomic mass is 19.1. The van der Waals surface area contributed by atoms with Gasteiger partial charge in [-0.3, -0.25) is 0 Å². The van der Waals surface area contributed by atoms with Crippen LogP contribution < -0.4 is 5.32 Å². The van der Waals surface area contributed by atoms with Crippen LogP contribution in [-0.2, 0) is 0 Å². The van der Waals surface area contributed by atoms with Crippen molar-refractivity contribution in [3.05, 3.63) is 35.8 Å². The number of furan rings is 1. The molecule has 1 heterocycles. The van der Waals surface area contributed by atoms with E-state index in [-0.39, 0.29) is 11.9 Å². The molecule has 3 rings (SSSR count). The van der Waals surface area contributed by atoms with Crippen molar-refractivity contribution in [1.82, 2.24) is 5.32 Å². The predicted octanol–water partition coefficient (Wildman–Crippen LogP) is 4.27. The minimum Gasteiger partial charge on any atom is -0.459 e. The smallest absolute Gasteiger partial charge is 0.134 e. The monoisotopic (exact) mass is 261 g/mol. The zero-order chi connectivity index (χ0) is 13.4. The Hall–Kier alpha value is -1.35. The molecule has 1 fully saturated rings. The highest BCUT2D eigenvalue weighted by Crippen LogP contribution is 2.40. The summed E-state index contributed by atoms with van der Waals surface area (Å²) >= 11 is 0. The van der Waals surface area contributed by atoms with Crippen LogP contribution in [0.2, 0.25) is 0 Å². The maximum atomic E-state index is 13.2. The highest BCUT2D eigenvalue weighted by Gasteiger charge is 2.30. The van der Waals surface area contributed by atoms with Crippen LogP contribution in [0, 0.1) is 17.7 Å². The first-order valence-electron chi connectivity index (χ1n) is 7.03. The SMILES string of the molecule is CNC(c1cc2cc(F)ccc2o1)C1CCC(C)C1. The fraction of sp³-hybridized carbons (Fsp3) is 0.500. The summed E-state index contributed by atoms with van der Waals surface area (Å²) in [6, 6.07) is 6.90. The van der Waals surface area contributed by atoms with Crippen LogP contribution in [0.25, 0.3) is 11.0 Å². The molecule has 1 saturated carbocycles. The molecule has 0 amide bonds. The number of rotatable bonds is 3. The Labute approximate surface area is 113 Å². The van der Waals surface area contributed by atoms with Gasteiger partial charge in [-0.05, 0) is 56.0 Å². The van der Waals surface area contributed by atoms with E-state index in [1.54, 1.807) is 6.07 Å². The van der Waals surface area contributed by atoms with Gasteiger partial charge in [-0.15, -0.1) is 0 Å². The Morgan fingerprint density at radius 3 is 2.84 bits per heavy atom. The quantitative estimate of drug-likeness (QED) is 0.892. The second-order valence-electron chi connectivity index (χ2n) is 5.78. The second-order valence-corrected chi connectivity index (χ2v) is 5.78. The first-order valence-corrected chi connectivity index (χ1v) is 7.03. The molecular weight excluding hydrogens is 241 g/mol. The van der Waals surface area contributed by atoms with Gasteiger partial charge < -0.3 is 9.73 Å². The molecule has 1 N–H and O–H groups in total. The van der Waals surface area contributed by atoms with Gasteiger partial charge >= 0.3 is 0 Å². The van der Waals surface area contributed by atoms with E-state index in [4.69, 9.17) is 4.42 Å². The van der Waals surface area contributed by atoms with Crippen molar-refractivity contribution < 1.29 is 8.81 Å². The first-order chi connectivity index (χ1) is 9.17. The lowest BCUT2D eigenvalue weighted by molar-refractivity contribution is 0.330. The molecule has 1 aromatic carbocycles. The molecule has 1 aliphatic carbocycles. The Kier molecular flexibility index (Phi) is 3.31. The zero-order valence-electron chi connectivity index (χ0n) is 11.4. The van der Waals surface area contributed by atoms with Crippen molar-refractivity contribution in [2.75, 3.05) is 7.05 Å². The van der Waals surface area contributed by atoms with Gasteiger partial charge in [0, 0.05) is 5.39 Å². The summed E-state index contributed by atoms with van der Waals surface area (Å²) in [7, 11) is 1.97. The Morgan fingerprint density at radius 1 is 1.32 bits per heavy atom. The first kappa shape index (κ1) is 12.7. The van der Waals surface area contributed by atoms with Gasteiger partial charge in [-0.25, -0.2) is 4.39 Å². The molecule has 3 heteroatoms. The molecule has 0 bridgehead atoms. The number of benzene rings is 1. The normalized spacial score (nSPS) is 25.0. The zero-order valence-corrected chi connectivity index (χ0v) is 11.4. The van der Waals surface area contributed by atoms with Gasteiger partial charge in [0.15, 0.2) is 0 Å². The average Bonchev–Trinajstić information content (AvgIpc) is 2.96. The van der Waals surface area contributed by atoms with Crippen molar-refractivity contribution in [1.29, 1.82) is 0 Å². The summed E-state index contributed by atoms with van der Waals surface area (Å²) in [5.41, 5.74) is 0.766. The van der Waals surface area contributed by atoms with Crippen molar-refractivity contribution in [2.24, 2.45) is 11.8 Å². The van der Waals surface area contributed by atoms with Crippen LogP contribution in [0.3, 0.4) is 0 Å². The van der Waals surface area contributed by atoms with Crippen molar-refractivity contribution in [3.63, 3.8) is 0 Å². The molecule has 19 heavy (non-hydrogen) atoms. The van der Waals surface area contributed by atoms with Crippen molar-refractivity contribution in [3.8, 4) is 0 Å². The molecule has 1 aliphatic rings. The van der Waals surface area contributed by atoms with E-state index in [1.165, 1.54) is 31.4 Å². The molecule has 1 aromatic heterocycles. The van der Waals surface area contributed by atoms with Gasteiger partial charge in [0.25, 0.3) is 0 Å². The Morgan fingerprint density at radius 2 is 2.16 bits per heavy atom. The van der Waals surface area contributed by atoms with Gasteiger partial charge in [-0.2, -0.15) is 0 Å². The lowest BCUT2D eigenvalue weighted by atomic mass is 9.95. The summed E-state index contributed by atoms with van der Waals surface area (Å²) < 4.78 is 19.1. The molecule has 3 atom stereocenters. The largest absolute Gasteiger partial charge is 0.459 e. The third kappa shape index (κ3) is 2.39. The fourth-order valence-corrected chi connectivity index (χ4v) is 3.35. The standard InChI is InChI=1S/C16H20FNO/c1-10-3-4-11(7-10)16(18-2)15-9-12-8-13(17)5-6-14(12)19-15/h5-6,8-11,16,18H,3-4,7H2,1-2H3. The van der Waals surface area contributed by atoms with E-state index in [9.17, 15) is 4.39 Å². The summed E-state index contributed by atoms with van der Waals surface area (Å²) in [6.07, 6.45) is 3.76. The molecule has 3 unspecified atom stereocenters. The van der Waals surface area contributed by atoms with Crippen molar-refractivity contribution in [2.45, 2.75) is 32.2 Å². The Balaban J connectivity index is 1.92. The molecule has 0 spiro atoms. The molecule has 0 saturated heterocycles. The van der Waals surface area contributed by atoms with Crippen molar-refractivity contribution >= 4 is 11.0 Å².